The van der Waals surface area contributed by atoms with Crippen LogP contribution in [0.2, 0.25) is 0 Å². The zero-order valence-electron chi connectivity index (χ0n) is 17.3. The highest BCUT2D eigenvalue weighted by Crippen LogP contribution is 2.29. The first kappa shape index (κ1) is 22.9. The van der Waals surface area contributed by atoms with Gasteiger partial charge in [0, 0.05) is 28.2 Å². The van der Waals surface area contributed by atoms with E-state index in [-0.39, 0.29) is 27.2 Å². The summed E-state index contributed by atoms with van der Waals surface area (Å²) in [6, 6.07) is 19.5. The smallest absolute Gasteiger partial charge is 0.375 e. The standard InChI is InChI=1S/C24H15BrN2O7/c25-17-12-15(27(31)32)10-11-18(17)26-23(29)22(14-6-2-1-3-7-14)34-24(30)21-13-19(28)16-8-4-5-9-20(16)33-21/h1-13,22H,(H,26,29). The van der Waals surface area contributed by atoms with Gasteiger partial charge in [-0.2, -0.15) is 0 Å². The fourth-order valence-electron chi connectivity index (χ4n) is 3.19. The summed E-state index contributed by atoms with van der Waals surface area (Å²) in [6.07, 6.45) is -1.40. The van der Waals surface area contributed by atoms with Gasteiger partial charge in [0.1, 0.15) is 5.58 Å². The molecule has 3 aromatic carbocycles. The summed E-state index contributed by atoms with van der Waals surface area (Å²) in [5.74, 6) is -2.07. The van der Waals surface area contributed by atoms with E-state index in [1.165, 1.54) is 18.2 Å². The van der Waals surface area contributed by atoms with Crippen molar-refractivity contribution < 1.29 is 23.7 Å². The van der Waals surface area contributed by atoms with Crippen molar-refractivity contribution in [1.82, 2.24) is 0 Å². The topological polar surface area (TPSA) is 129 Å². The number of hydrogen-bond donors (Lipinski definition) is 1. The molecule has 34 heavy (non-hydrogen) atoms. The van der Waals surface area contributed by atoms with Crippen LogP contribution >= 0.6 is 15.9 Å². The summed E-state index contributed by atoms with van der Waals surface area (Å²) in [5, 5.41) is 13.9. The van der Waals surface area contributed by atoms with Crippen molar-refractivity contribution in [3.05, 3.63) is 115 Å². The molecule has 0 spiro atoms. The Hall–Kier alpha value is -4.31. The Morgan fingerprint density at radius 1 is 1.00 bits per heavy atom. The Labute approximate surface area is 200 Å². The van der Waals surface area contributed by atoms with E-state index in [1.54, 1.807) is 54.6 Å². The molecule has 10 heteroatoms. The third-order valence-corrected chi connectivity index (χ3v) is 5.48. The van der Waals surface area contributed by atoms with Crippen LogP contribution in [0, 0.1) is 10.1 Å². The van der Waals surface area contributed by atoms with Gasteiger partial charge in [-0.15, -0.1) is 0 Å². The second-order valence-electron chi connectivity index (χ2n) is 7.08. The van der Waals surface area contributed by atoms with Gasteiger partial charge in [0.25, 0.3) is 11.6 Å². The SMILES string of the molecule is O=C(OC(C(=O)Nc1ccc([N+](=O)[O-])cc1Br)c1ccccc1)c1cc(=O)c2ccccc2o1. The van der Waals surface area contributed by atoms with Gasteiger partial charge in [0.05, 0.1) is 16.0 Å². The van der Waals surface area contributed by atoms with E-state index in [1.807, 2.05) is 0 Å². The average molecular weight is 523 g/mol. The van der Waals surface area contributed by atoms with Crippen LogP contribution in [0.4, 0.5) is 11.4 Å². The molecule has 0 saturated heterocycles. The van der Waals surface area contributed by atoms with Crippen molar-refractivity contribution >= 4 is 50.2 Å². The summed E-state index contributed by atoms with van der Waals surface area (Å²) in [7, 11) is 0. The molecule has 1 N–H and O–H groups in total. The lowest BCUT2D eigenvalue weighted by Gasteiger charge is -2.18. The van der Waals surface area contributed by atoms with E-state index in [4.69, 9.17) is 9.15 Å². The van der Waals surface area contributed by atoms with Crippen LogP contribution in [-0.2, 0) is 9.53 Å². The lowest BCUT2D eigenvalue weighted by molar-refractivity contribution is -0.384. The first-order chi connectivity index (χ1) is 16.3. The monoisotopic (exact) mass is 522 g/mol. The molecule has 9 nitrogen and oxygen atoms in total. The van der Waals surface area contributed by atoms with Crippen molar-refractivity contribution in [3.8, 4) is 0 Å². The number of nitro benzene ring substituents is 1. The van der Waals surface area contributed by atoms with Gasteiger partial charge in [-0.1, -0.05) is 42.5 Å². The van der Waals surface area contributed by atoms with E-state index in [2.05, 4.69) is 21.2 Å². The maximum Gasteiger partial charge on any atom is 0.375 e. The summed E-state index contributed by atoms with van der Waals surface area (Å²) in [6.45, 7) is 0. The third-order valence-electron chi connectivity index (χ3n) is 4.82. The van der Waals surface area contributed by atoms with E-state index in [9.17, 15) is 24.5 Å². The maximum absolute atomic E-state index is 13.1. The predicted octanol–water partition coefficient (Wildman–Crippen LogP) is 5.00. The number of hydrogen-bond acceptors (Lipinski definition) is 7. The highest BCUT2D eigenvalue weighted by Gasteiger charge is 2.28. The van der Waals surface area contributed by atoms with Crippen LogP contribution in [0.1, 0.15) is 22.2 Å². The van der Waals surface area contributed by atoms with Crippen LogP contribution < -0.4 is 10.7 Å². The van der Waals surface area contributed by atoms with Gasteiger partial charge in [-0.05, 0) is 34.1 Å². The van der Waals surface area contributed by atoms with Gasteiger partial charge in [-0.25, -0.2) is 4.79 Å². The summed E-state index contributed by atoms with van der Waals surface area (Å²) in [4.78, 5) is 48.7. The zero-order valence-corrected chi connectivity index (χ0v) is 18.9. The van der Waals surface area contributed by atoms with Gasteiger partial charge >= 0.3 is 5.97 Å². The van der Waals surface area contributed by atoms with Crippen molar-refractivity contribution in [2.24, 2.45) is 0 Å². The molecular weight excluding hydrogens is 508 g/mol. The molecule has 1 amide bonds. The first-order valence-electron chi connectivity index (χ1n) is 9.87. The molecular formula is C24H15BrN2O7. The van der Waals surface area contributed by atoms with Crippen molar-refractivity contribution in [3.63, 3.8) is 0 Å². The maximum atomic E-state index is 13.1. The Balaban J connectivity index is 1.63. The molecule has 0 bridgehead atoms. The normalized spacial score (nSPS) is 11.6. The number of amides is 1. The Morgan fingerprint density at radius 3 is 2.41 bits per heavy atom. The Morgan fingerprint density at radius 2 is 1.71 bits per heavy atom. The second kappa shape index (κ2) is 9.67. The number of nitrogens with one attached hydrogen (secondary N) is 1. The van der Waals surface area contributed by atoms with Crippen LogP contribution in [0.5, 0.6) is 0 Å². The lowest BCUT2D eigenvalue weighted by Crippen LogP contribution is -2.26. The fraction of sp³-hybridized carbons (Fsp3) is 0.0417. The first-order valence-corrected chi connectivity index (χ1v) is 10.7. The highest BCUT2D eigenvalue weighted by molar-refractivity contribution is 9.10. The van der Waals surface area contributed by atoms with Gasteiger partial charge in [0.2, 0.25) is 11.9 Å². The second-order valence-corrected chi connectivity index (χ2v) is 7.93. The molecule has 0 aliphatic rings. The molecule has 0 aliphatic heterocycles. The van der Waals surface area contributed by atoms with E-state index in [0.717, 1.165) is 6.07 Å². The van der Waals surface area contributed by atoms with Crippen LogP contribution in [-0.4, -0.2) is 16.8 Å². The molecule has 0 saturated carbocycles. The number of anilines is 1. The molecule has 170 valence electrons. The molecule has 1 heterocycles. The number of carbonyl (C=O) groups excluding carboxylic acids is 2. The largest absolute Gasteiger partial charge is 0.449 e. The van der Waals surface area contributed by atoms with Crippen molar-refractivity contribution in [1.29, 1.82) is 0 Å². The Kier molecular flexibility index (Phi) is 6.51. The number of carbonyl (C=O) groups is 2. The molecule has 4 rings (SSSR count). The summed E-state index contributed by atoms with van der Waals surface area (Å²) in [5.41, 5.74) is 0.225. The third kappa shape index (κ3) is 4.86. The summed E-state index contributed by atoms with van der Waals surface area (Å²) < 4.78 is 11.2. The van der Waals surface area contributed by atoms with Gasteiger partial charge < -0.3 is 14.5 Å². The number of non-ortho nitro benzene ring substituents is 1. The Bertz CT molecular complexity index is 1470. The number of benzene rings is 3. The molecule has 0 fully saturated rings. The minimum absolute atomic E-state index is 0.165. The number of fused-ring (bicyclic) bond motifs is 1. The van der Waals surface area contributed by atoms with E-state index in [0.29, 0.717) is 10.9 Å². The highest BCUT2D eigenvalue weighted by atomic mass is 79.9. The van der Waals surface area contributed by atoms with Crippen molar-refractivity contribution in [2.45, 2.75) is 6.10 Å². The minimum atomic E-state index is -1.40. The van der Waals surface area contributed by atoms with Gasteiger partial charge in [-0.3, -0.25) is 19.7 Å². The van der Waals surface area contributed by atoms with Gasteiger partial charge in [0.15, 0.2) is 5.43 Å². The van der Waals surface area contributed by atoms with Crippen LogP contribution in [0.3, 0.4) is 0 Å². The number of halogens is 1. The van der Waals surface area contributed by atoms with E-state index >= 15 is 0 Å². The minimum Gasteiger partial charge on any atom is -0.449 e. The van der Waals surface area contributed by atoms with Crippen LogP contribution in [0.15, 0.2) is 92.5 Å². The molecule has 1 aromatic heterocycles. The van der Waals surface area contributed by atoms with E-state index < -0.39 is 28.3 Å². The number of esters is 1. The number of rotatable bonds is 6. The summed E-state index contributed by atoms with van der Waals surface area (Å²) >= 11 is 3.19. The number of nitro groups is 1. The molecule has 0 aliphatic carbocycles. The fourth-order valence-corrected chi connectivity index (χ4v) is 3.65. The quantitative estimate of drug-likeness (QED) is 0.214. The molecule has 1 atom stereocenters. The zero-order chi connectivity index (χ0) is 24.2. The molecule has 4 aromatic rings. The number of para-hydroxylation sites is 1. The van der Waals surface area contributed by atoms with Crippen LogP contribution in [0.25, 0.3) is 11.0 Å². The van der Waals surface area contributed by atoms with Crippen molar-refractivity contribution in [2.75, 3.05) is 5.32 Å². The lowest BCUT2D eigenvalue weighted by atomic mass is 10.1. The molecule has 1 unspecified atom stereocenters. The molecule has 0 radical (unpaired) electrons. The number of nitrogens with zero attached hydrogens (tertiary/aromatic N) is 1. The number of ether oxygens (including phenoxy) is 1. The average Bonchev–Trinajstić information content (AvgIpc) is 2.84. The predicted molar refractivity (Wildman–Crippen MR) is 127 cm³/mol.